The maximum Gasteiger partial charge on any atom is 0.244 e. The Balaban J connectivity index is 1.74. The molecule has 6 nitrogen and oxygen atoms in total. The van der Waals surface area contributed by atoms with Crippen LogP contribution in [0.2, 0.25) is 0 Å². The summed E-state index contributed by atoms with van der Waals surface area (Å²) in [4.78, 5) is 2.48. The lowest BCUT2D eigenvalue weighted by molar-refractivity contribution is 0.181. The number of ether oxygens (including phenoxy) is 2. The molecule has 28 heavy (non-hydrogen) atoms. The summed E-state index contributed by atoms with van der Waals surface area (Å²) in [5.41, 5.74) is 2.54. The van der Waals surface area contributed by atoms with Crippen molar-refractivity contribution in [1.29, 1.82) is 0 Å². The van der Waals surface area contributed by atoms with Gasteiger partial charge >= 0.3 is 0 Å². The van der Waals surface area contributed by atoms with Crippen LogP contribution in [0.5, 0.6) is 11.5 Å². The fraction of sp³-hybridized carbons (Fsp3) is 0.400. The van der Waals surface area contributed by atoms with Gasteiger partial charge in [0.1, 0.15) is 4.90 Å². The number of benzene rings is 2. The highest BCUT2D eigenvalue weighted by molar-refractivity contribution is 9.10. The molecule has 0 N–H and O–H groups in total. The van der Waals surface area contributed by atoms with E-state index in [4.69, 9.17) is 9.47 Å². The molecule has 0 spiro atoms. The van der Waals surface area contributed by atoms with E-state index in [9.17, 15) is 8.42 Å². The van der Waals surface area contributed by atoms with Crippen molar-refractivity contribution < 1.29 is 17.9 Å². The molecule has 1 saturated heterocycles. The molecule has 0 aliphatic carbocycles. The van der Waals surface area contributed by atoms with Crippen molar-refractivity contribution in [3.63, 3.8) is 0 Å². The molecular formula is C20H25BrN2O4S. The number of hydrogen-bond donors (Lipinski definition) is 0. The summed E-state index contributed by atoms with van der Waals surface area (Å²) < 4.78 is 38.9. The highest BCUT2D eigenvalue weighted by Gasteiger charge is 2.31. The third kappa shape index (κ3) is 4.35. The molecule has 2 aromatic rings. The minimum Gasteiger partial charge on any atom is -0.493 e. The maximum absolute atomic E-state index is 13.2. The molecule has 152 valence electrons. The van der Waals surface area contributed by atoms with Crippen LogP contribution in [-0.2, 0) is 16.6 Å². The van der Waals surface area contributed by atoms with Crippen LogP contribution in [0.1, 0.15) is 11.1 Å². The quantitative estimate of drug-likeness (QED) is 0.650. The highest BCUT2D eigenvalue weighted by Crippen LogP contribution is 2.36. The summed E-state index contributed by atoms with van der Waals surface area (Å²) >= 11 is 3.37. The number of aryl methyl sites for hydroxylation is 1. The molecule has 1 aliphatic heterocycles. The van der Waals surface area contributed by atoms with Crippen LogP contribution in [0.3, 0.4) is 0 Å². The van der Waals surface area contributed by atoms with Crippen LogP contribution >= 0.6 is 15.9 Å². The number of rotatable bonds is 6. The predicted molar refractivity (Wildman–Crippen MR) is 112 cm³/mol. The van der Waals surface area contributed by atoms with Crippen LogP contribution in [0.15, 0.2) is 45.8 Å². The van der Waals surface area contributed by atoms with Gasteiger partial charge in [0.15, 0.2) is 11.5 Å². The highest BCUT2D eigenvalue weighted by atomic mass is 79.9. The van der Waals surface area contributed by atoms with Crippen molar-refractivity contribution in [2.45, 2.75) is 18.4 Å². The van der Waals surface area contributed by atoms with Crippen LogP contribution in [-0.4, -0.2) is 58.0 Å². The minimum atomic E-state index is -3.63. The summed E-state index contributed by atoms with van der Waals surface area (Å²) in [6.07, 6.45) is 0. The normalized spacial score (nSPS) is 16.1. The molecular weight excluding hydrogens is 444 g/mol. The second-order valence-electron chi connectivity index (χ2n) is 6.74. The molecule has 0 saturated carbocycles. The lowest BCUT2D eigenvalue weighted by atomic mass is 10.1. The molecule has 0 amide bonds. The number of piperazine rings is 1. The minimum absolute atomic E-state index is 0.192. The van der Waals surface area contributed by atoms with Crippen molar-refractivity contribution in [2.75, 3.05) is 40.4 Å². The second-order valence-corrected chi connectivity index (χ2v) is 9.51. The molecule has 2 aromatic carbocycles. The van der Waals surface area contributed by atoms with E-state index in [1.165, 1.54) is 35.7 Å². The average Bonchev–Trinajstić information content (AvgIpc) is 2.69. The Morgan fingerprint density at radius 1 is 1.00 bits per heavy atom. The van der Waals surface area contributed by atoms with Gasteiger partial charge in [0, 0.05) is 43.3 Å². The molecule has 0 aromatic heterocycles. The summed E-state index contributed by atoms with van der Waals surface area (Å²) in [5, 5.41) is 0. The second kappa shape index (κ2) is 8.82. The van der Waals surface area contributed by atoms with E-state index < -0.39 is 10.0 Å². The van der Waals surface area contributed by atoms with Gasteiger partial charge in [-0.15, -0.1) is 0 Å². The number of hydrogen-bond acceptors (Lipinski definition) is 5. The first-order valence-electron chi connectivity index (χ1n) is 9.05. The van der Waals surface area contributed by atoms with E-state index in [1.54, 1.807) is 6.07 Å². The Labute approximate surface area is 175 Å². The topological polar surface area (TPSA) is 59.1 Å². The van der Waals surface area contributed by atoms with Gasteiger partial charge in [-0.25, -0.2) is 8.42 Å². The lowest BCUT2D eigenvalue weighted by Crippen LogP contribution is -2.48. The number of sulfonamides is 1. The Morgan fingerprint density at radius 3 is 2.21 bits per heavy atom. The van der Waals surface area contributed by atoms with Gasteiger partial charge in [-0.3, -0.25) is 4.90 Å². The lowest BCUT2D eigenvalue weighted by Gasteiger charge is -2.34. The summed E-state index contributed by atoms with van der Waals surface area (Å²) in [5.74, 6) is 0.874. The van der Waals surface area contributed by atoms with Crippen LogP contribution in [0.4, 0.5) is 0 Å². The first-order valence-corrected chi connectivity index (χ1v) is 11.3. The first-order chi connectivity index (χ1) is 13.4. The van der Waals surface area contributed by atoms with E-state index in [1.807, 2.05) is 12.1 Å². The fourth-order valence-electron chi connectivity index (χ4n) is 3.33. The summed E-state index contributed by atoms with van der Waals surface area (Å²) in [7, 11) is -0.618. The zero-order valence-electron chi connectivity index (χ0n) is 16.3. The van der Waals surface area contributed by atoms with E-state index in [2.05, 4.69) is 39.9 Å². The smallest absolute Gasteiger partial charge is 0.244 e. The van der Waals surface area contributed by atoms with E-state index in [-0.39, 0.29) is 4.90 Å². The fourth-order valence-corrected chi connectivity index (χ4v) is 5.75. The van der Waals surface area contributed by atoms with Gasteiger partial charge in [0.25, 0.3) is 0 Å². The van der Waals surface area contributed by atoms with E-state index in [0.717, 1.165) is 6.54 Å². The molecule has 3 rings (SSSR count). The SMILES string of the molecule is COc1cc(Br)c(S(=O)(=O)N2CCN(Cc3ccccc3C)CC2)cc1OC. The van der Waals surface area contributed by atoms with Crippen LogP contribution in [0, 0.1) is 6.92 Å². The maximum atomic E-state index is 13.2. The van der Waals surface area contributed by atoms with Crippen LogP contribution in [0.25, 0.3) is 0 Å². The van der Waals surface area contributed by atoms with Gasteiger partial charge < -0.3 is 9.47 Å². The van der Waals surface area contributed by atoms with Crippen molar-refractivity contribution >= 4 is 26.0 Å². The van der Waals surface area contributed by atoms with Gasteiger partial charge in [-0.1, -0.05) is 24.3 Å². The van der Waals surface area contributed by atoms with Gasteiger partial charge in [0.2, 0.25) is 10.0 Å². The standard InChI is InChI=1S/C20H25BrN2O4S/c1-15-6-4-5-7-16(15)14-22-8-10-23(11-9-22)28(24,25)20-13-19(27-3)18(26-2)12-17(20)21/h4-7,12-13H,8-11,14H2,1-3H3. The molecule has 0 unspecified atom stereocenters. The van der Waals surface area contributed by atoms with Gasteiger partial charge in [0.05, 0.1) is 14.2 Å². The molecule has 0 bridgehead atoms. The number of halogens is 1. The van der Waals surface area contributed by atoms with Crippen molar-refractivity contribution in [3.8, 4) is 11.5 Å². The molecule has 8 heteroatoms. The molecule has 1 heterocycles. The van der Waals surface area contributed by atoms with Gasteiger partial charge in [-0.2, -0.15) is 4.31 Å². The molecule has 0 radical (unpaired) electrons. The van der Waals surface area contributed by atoms with Crippen molar-refractivity contribution in [1.82, 2.24) is 9.21 Å². The number of methoxy groups -OCH3 is 2. The van der Waals surface area contributed by atoms with Crippen LogP contribution < -0.4 is 9.47 Å². The zero-order chi connectivity index (χ0) is 20.3. The molecule has 1 aliphatic rings. The Bertz CT molecular complexity index is 941. The first kappa shape index (κ1) is 21.1. The summed E-state index contributed by atoms with van der Waals surface area (Å²) in [6, 6.07) is 11.4. The Hall–Kier alpha value is -1.61. The molecule has 0 atom stereocenters. The summed E-state index contributed by atoms with van der Waals surface area (Å²) in [6.45, 7) is 5.23. The van der Waals surface area contributed by atoms with Gasteiger partial charge in [-0.05, 0) is 40.0 Å². The Morgan fingerprint density at radius 2 is 1.61 bits per heavy atom. The largest absolute Gasteiger partial charge is 0.493 e. The van der Waals surface area contributed by atoms with Crippen molar-refractivity contribution in [3.05, 3.63) is 52.0 Å². The third-order valence-corrected chi connectivity index (χ3v) is 7.90. The third-order valence-electron chi connectivity index (χ3n) is 5.04. The van der Waals surface area contributed by atoms with E-state index in [0.29, 0.717) is 42.2 Å². The Kier molecular flexibility index (Phi) is 6.65. The zero-order valence-corrected chi connectivity index (χ0v) is 18.7. The average molecular weight is 469 g/mol. The molecule has 1 fully saturated rings. The number of nitrogens with zero attached hydrogens (tertiary/aromatic N) is 2. The predicted octanol–water partition coefficient (Wildman–Crippen LogP) is 3.28. The monoisotopic (exact) mass is 468 g/mol. The van der Waals surface area contributed by atoms with Crippen molar-refractivity contribution in [2.24, 2.45) is 0 Å². The van der Waals surface area contributed by atoms with E-state index >= 15 is 0 Å².